The summed E-state index contributed by atoms with van der Waals surface area (Å²) in [5, 5.41) is 20.9. The summed E-state index contributed by atoms with van der Waals surface area (Å²) in [5.74, 6) is 0. The Morgan fingerprint density at radius 1 is 1.08 bits per heavy atom. The van der Waals surface area contributed by atoms with E-state index in [1.165, 1.54) is 0 Å². The van der Waals surface area contributed by atoms with Crippen molar-refractivity contribution < 1.29 is 5.11 Å². The van der Waals surface area contributed by atoms with E-state index in [0.717, 1.165) is 27.5 Å². The first kappa shape index (κ1) is 16.2. The lowest BCUT2D eigenvalue weighted by Gasteiger charge is -2.31. The third kappa shape index (κ3) is 2.44. The topological polar surface area (TPSA) is 55.9 Å². The second kappa shape index (κ2) is 5.89. The molecule has 0 aliphatic heterocycles. The van der Waals surface area contributed by atoms with Crippen molar-refractivity contribution in [3.63, 3.8) is 0 Å². The molecule has 2 heterocycles. The van der Waals surface area contributed by atoms with Crippen molar-refractivity contribution >= 4 is 33.7 Å². The molecule has 4 rings (SSSR count). The number of thioether (sulfide) groups is 1. The maximum atomic E-state index is 11.6. The zero-order valence-electron chi connectivity index (χ0n) is 14.4. The van der Waals surface area contributed by atoms with E-state index < -0.39 is 5.60 Å². The van der Waals surface area contributed by atoms with Gasteiger partial charge in [0.15, 0.2) is 0 Å². The van der Waals surface area contributed by atoms with Crippen molar-refractivity contribution in [3.8, 4) is 0 Å². The van der Waals surface area contributed by atoms with Crippen molar-refractivity contribution in [2.75, 3.05) is 6.26 Å². The Kier molecular flexibility index (Phi) is 3.81. The van der Waals surface area contributed by atoms with Crippen LogP contribution in [-0.4, -0.2) is 30.9 Å². The molecular formula is C19H20N4OS. The van der Waals surface area contributed by atoms with E-state index in [9.17, 15) is 5.11 Å². The van der Waals surface area contributed by atoms with Crippen molar-refractivity contribution in [1.29, 1.82) is 0 Å². The molecule has 0 saturated carbocycles. The fraction of sp³-hybridized carbons (Fsp3) is 0.263. The van der Waals surface area contributed by atoms with Crippen molar-refractivity contribution in [3.05, 3.63) is 60.3 Å². The third-order valence-electron chi connectivity index (χ3n) is 4.75. The van der Waals surface area contributed by atoms with Crippen LogP contribution in [0.15, 0.2) is 54.7 Å². The maximum absolute atomic E-state index is 11.6. The van der Waals surface area contributed by atoms with Crippen molar-refractivity contribution in [1.82, 2.24) is 19.6 Å². The Hall–Kier alpha value is -2.31. The maximum Gasteiger partial charge on any atom is 0.132 e. The van der Waals surface area contributed by atoms with Gasteiger partial charge in [0.25, 0.3) is 0 Å². The molecule has 0 amide bonds. The van der Waals surface area contributed by atoms with Gasteiger partial charge in [-0.2, -0.15) is 0 Å². The molecular weight excluding hydrogens is 332 g/mol. The molecule has 0 fully saturated rings. The monoisotopic (exact) mass is 352 g/mol. The molecule has 0 radical (unpaired) electrons. The van der Waals surface area contributed by atoms with Crippen LogP contribution in [0.4, 0.5) is 0 Å². The Morgan fingerprint density at radius 2 is 1.76 bits per heavy atom. The number of aliphatic hydroxyl groups is 1. The number of aromatic nitrogens is 4. The van der Waals surface area contributed by atoms with E-state index in [0.29, 0.717) is 0 Å². The highest BCUT2D eigenvalue weighted by Gasteiger charge is 2.38. The summed E-state index contributed by atoms with van der Waals surface area (Å²) in [6, 6.07) is 16.0. The normalized spacial score (nSPS) is 15.5. The fourth-order valence-electron chi connectivity index (χ4n) is 3.51. The first-order valence-electron chi connectivity index (χ1n) is 8.13. The number of benzene rings is 2. The summed E-state index contributed by atoms with van der Waals surface area (Å²) >= 11 is 1.56. The number of hydrogen-bond acceptors (Lipinski definition) is 4. The van der Waals surface area contributed by atoms with Gasteiger partial charge in [0.05, 0.1) is 5.52 Å². The van der Waals surface area contributed by atoms with Crippen molar-refractivity contribution in [2.24, 2.45) is 7.05 Å². The van der Waals surface area contributed by atoms with Gasteiger partial charge in [-0.1, -0.05) is 35.5 Å². The minimum absolute atomic E-state index is 0.300. The molecule has 0 saturated heterocycles. The molecule has 0 aliphatic rings. The molecule has 2 aromatic heterocycles. The van der Waals surface area contributed by atoms with Gasteiger partial charge in [-0.15, -0.1) is 16.9 Å². The minimum Gasteiger partial charge on any atom is -0.382 e. The SMILES string of the molecule is CSC(n1nnc2ccccc21)C(C)(O)c1cn(C)c2ccccc12. The molecule has 2 atom stereocenters. The minimum atomic E-state index is -1.11. The van der Waals surface area contributed by atoms with Crippen LogP contribution < -0.4 is 0 Å². The second-order valence-electron chi connectivity index (χ2n) is 6.43. The highest BCUT2D eigenvalue weighted by atomic mass is 32.2. The molecule has 2 unspecified atom stereocenters. The lowest BCUT2D eigenvalue weighted by Crippen LogP contribution is -2.32. The van der Waals surface area contributed by atoms with Crippen LogP contribution in [0.2, 0.25) is 0 Å². The van der Waals surface area contributed by atoms with Gasteiger partial charge in [0.1, 0.15) is 16.5 Å². The number of rotatable bonds is 4. The molecule has 0 spiro atoms. The highest BCUT2D eigenvalue weighted by Crippen LogP contribution is 2.43. The zero-order chi connectivity index (χ0) is 17.6. The smallest absolute Gasteiger partial charge is 0.132 e. The summed E-state index contributed by atoms with van der Waals surface area (Å²) in [6.07, 6.45) is 3.99. The van der Waals surface area contributed by atoms with Crippen LogP contribution >= 0.6 is 11.8 Å². The summed E-state index contributed by atoms with van der Waals surface area (Å²) in [5.41, 5.74) is 2.62. The molecule has 4 aromatic rings. The molecule has 1 N–H and O–H groups in total. The van der Waals surface area contributed by atoms with Crippen LogP contribution in [0, 0.1) is 0 Å². The molecule has 0 aliphatic carbocycles. The van der Waals surface area contributed by atoms with Crippen molar-refractivity contribution in [2.45, 2.75) is 17.9 Å². The Balaban J connectivity index is 1.90. The lowest BCUT2D eigenvalue weighted by atomic mass is 9.95. The Labute approximate surface area is 150 Å². The van der Waals surface area contributed by atoms with Gasteiger partial charge < -0.3 is 9.67 Å². The van der Waals surface area contributed by atoms with Gasteiger partial charge in [0.2, 0.25) is 0 Å². The number of para-hydroxylation sites is 2. The number of fused-ring (bicyclic) bond motifs is 2. The van der Waals surface area contributed by atoms with Crippen LogP contribution in [0.5, 0.6) is 0 Å². The summed E-state index contributed by atoms with van der Waals surface area (Å²) < 4.78 is 3.87. The van der Waals surface area contributed by atoms with Crippen LogP contribution in [0.25, 0.3) is 21.9 Å². The molecule has 2 aromatic carbocycles. The standard InChI is InChI=1S/C19H20N4OS/c1-19(24,14-12-22(2)16-10-6-4-8-13(14)16)18(25-3)23-17-11-7-5-9-15(17)20-21-23/h4-12,18,24H,1-3H3. The van der Waals surface area contributed by atoms with Crippen LogP contribution in [0.3, 0.4) is 0 Å². The molecule has 128 valence electrons. The number of aryl methyl sites for hydroxylation is 1. The third-order valence-corrected chi connectivity index (χ3v) is 5.85. The first-order chi connectivity index (χ1) is 12.0. The number of hydrogen-bond donors (Lipinski definition) is 1. The zero-order valence-corrected chi connectivity index (χ0v) is 15.2. The number of nitrogens with zero attached hydrogens (tertiary/aromatic N) is 4. The van der Waals surface area contributed by atoms with E-state index in [4.69, 9.17) is 0 Å². The van der Waals surface area contributed by atoms with E-state index in [1.54, 1.807) is 11.8 Å². The largest absolute Gasteiger partial charge is 0.382 e. The Bertz CT molecular complexity index is 1050. The van der Waals surface area contributed by atoms with Gasteiger partial charge in [0, 0.05) is 29.7 Å². The summed E-state index contributed by atoms with van der Waals surface area (Å²) in [7, 11) is 2.00. The van der Waals surface area contributed by atoms with Gasteiger partial charge in [-0.05, 0) is 31.4 Å². The quantitative estimate of drug-likeness (QED) is 0.608. The predicted molar refractivity (Wildman–Crippen MR) is 103 cm³/mol. The summed E-state index contributed by atoms with van der Waals surface area (Å²) in [4.78, 5) is 0. The Morgan fingerprint density at radius 3 is 2.52 bits per heavy atom. The van der Waals surface area contributed by atoms with Crippen LogP contribution in [0.1, 0.15) is 17.9 Å². The lowest BCUT2D eigenvalue weighted by molar-refractivity contribution is 0.0326. The predicted octanol–water partition coefficient (Wildman–Crippen LogP) is 3.69. The van der Waals surface area contributed by atoms with E-state index in [2.05, 4.69) is 27.0 Å². The van der Waals surface area contributed by atoms with Gasteiger partial charge in [-0.25, -0.2) is 4.68 Å². The average molecular weight is 352 g/mol. The highest BCUT2D eigenvalue weighted by molar-refractivity contribution is 7.98. The molecule has 6 heteroatoms. The van der Waals surface area contributed by atoms with E-state index >= 15 is 0 Å². The van der Waals surface area contributed by atoms with E-state index in [-0.39, 0.29) is 5.37 Å². The fourth-order valence-corrected chi connectivity index (χ4v) is 4.45. The molecule has 25 heavy (non-hydrogen) atoms. The summed E-state index contributed by atoms with van der Waals surface area (Å²) in [6.45, 7) is 1.85. The van der Waals surface area contributed by atoms with Gasteiger partial charge in [-0.3, -0.25) is 0 Å². The van der Waals surface area contributed by atoms with Gasteiger partial charge >= 0.3 is 0 Å². The van der Waals surface area contributed by atoms with E-state index in [1.807, 2.05) is 67.5 Å². The molecule has 5 nitrogen and oxygen atoms in total. The average Bonchev–Trinajstić information content (AvgIpc) is 3.18. The molecule has 0 bridgehead atoms. The van der Waals surface area contributed by atoms with Crippen LogP contribution in [-0.2, 0) is 12.6 Å². The first-order valence-corrected chi connectivity index (χ1v) is 9.42. The second-order valence-corrected chi connectivity index (χ2v) is 7.35.